The lowest BCUT2D eigenvalue weighted by Crippen LogP contribution is -2.15. The van der Waals surface area contributed by atoms with Gasteiger partial charge < -0.3 is 9.72 Å². The monoisotopic (exact) mass is 254 g/mol. The van der Waals surface area contributed by atoms with E-state index in [1.54, 1.807) is 24.4 Å². The van der Waals surface area contributed by atoms with Crippen LogP contribution in [0.1, 0.15) is 10.4 Å². The molecule has 0 aliphatic heterocycles. The van der Waals surface area contributed by atoms with Crippen LogP contribution in [0.5, 0.6) is 0 Å². The smallest absolute Gasteiger partial charge is 0.379 e. The molecule has 0 radical (unpaired) electrons. The number of methoxy groups -OCH3 is 1. The number of nitrogens with one attached hydrogen (secondary N) is 1. The van der Waals surface area contributed by atoms with Crippen LogP contribution in [0.2, 0.25) is 0 Å². The van der Waals surface area contributed by atoms with Crippen LogP contribution in [0.25, 0.3) is 21.9 Å². The number of esters is 1. The van der Waals surface area contributed by atoms with Gasteiger partial charge in [-0.3, -0.25) is 4.79 Å². The average molecular weight is 254 g/mol. The Hall–Kier alpha value is -2.69. The summed E-state index contributed by atoms with van der Waals surface area (Å²) in [7, 11) is 1.19. The van der Waals surface area contributed by atoms with Gasteiger partial charge in [-0.05, 0) is 30.3 Å². The molecule has 0 aliphatic rings. The maximum atomic E-state index is 11.8. The van der Waals surface area contributed by atoms with E-state index in [1.807, 2.05) is 12.1 Å². The highest BCUT2D eigenvalue weighted by Crippen LogP contribution is 2.24. The van der Waals surface area contributed by atoms with Crippen molar-refractivity contribution in [2.45, 2.75) is 0 Å². The molecule has 19 heavy (non-hydrogen) atoms. The Morgan fingerprint density at radius 1 is 1.21 bits per heavy atom. The molecule has 5 heteroatoms. The number of hydrogen-bond acceptors (Lipinski definition) is 4. The van der Waals surface area contributed by atoms with Crippen LogP contribution >= 0.6 is 0 Å². The second-order valence-corrected chi connectivity index (χ2v) is 4.11. The fourth-order valence-corrected chi connectivity index (χ4v) is 2.08. The van der Waals surface area contributed by atoms with E-state index in [1.165, 1.54) is 7.11 Å². The maximum Gasteiger partial charge on any atom is 0.379 e. The average Bonchev–Trinajstić information content (AvgIpc) is 2.83. The summed E-state index contributed by atoms with van der Waals surface area (Å²) < 4.78 is 4.44. The van der Waals surface area contributed by atoms with Crippen LogP contribution in [0.3, 0.4) is 0 Å². The minimum absolute atomic E-state index is 0.309. The zero-order chi connectivity index (χ0) is 13.4. The first-order chi connectivity index (χ1) is 9.20. The molecular formula is C14H10N2O3. The summed E-state index contributed by atoms with van der Waals surface area (Å²) in [4.78, 5) is 30.4. The third-order valence-electron chi connectivity index (χ3n) is 3.00. The predicted octanol–water partition coefficient (Wildman–Crippen LogP) is 2.07. The van der Waals surface area contributed by atoms with Gasteiger partial charge in [0.2, 0.25) is 0 Å². The van der Waals surface area contributed by atoms with Crippen molar-refractivity contribution < 1.29 is 14.3 Å². The number of pyridine rings is 1. The van der Waals surface area contributed by atoms with Crippen molar-refractivity contribution in [1.29, 1.82) is 0 Å². The summed E-state index contributed by atoms with van der Waals surface area (Å²) in [6.45, 7) is 0. The van der Waals surface area contributed by atoms with Gasteiger partial charge in [-0.25, -0.2) is 9.78 Å². The van der Waals surface area contributed by atoms with Crippen LogP contribution in [-0.2, 0) is 9.53 Å². The Kier molecular flexibility index (Phi) is 2.52. The minimum Gasteiger partial charge on any atom is -0.463 e. The fourth-order valence-electron chi connectivity index (χ4n) is 2.08. The molecule has 0 saturated carbocycles. The van der Waals surface area contributed by atoms with E-state index in [0.29, 0.717) is 5.56 Å². The lowest BCUT2D eigenvalue weighted by atomic mass is 10.1. The molecule has 0 spiro atoms. The van der Waals surface area contributed by atoms with Gasteiger partial charge in [0.1, 0.15) is 5.65 Å². The van der Waals surface area contributed by atoms with Crippen LogP contribution in [0, 0.1) is 0 Å². The number of rotatable bonds is 2. The molecule has 2 heterocycles. The molecule has 3 aromatic rings. The summed E-state index contributed by atoms with van der Waals surface area (Å²) in [6.07, 6.45) is 1.69. The number of carbonyl (C=O) groups excluding carboxylic acids is 2. The van der Waals surface area contributed by atoms with Gasteiger partial charge in [0.15, 0.2) is 0 Å². The number of aromatic nitrogens is 2. The zero-order valence-corrected chi connectivity index (χ0v) is 10.1. The van der Waals surface area contributed by atoms with E-state index in [0.717, 1.165) is 21.9 Å². The van der Waals surface area contributed by atoms with Gasteiger partial charge in [0.25, 0.3) is 5.78 Å². The summed E-state index contributed by atoms with van der Waals surface area (Å²) >= 11 is 0. The van der Waals surface area contributed by atoms with Crippen LogP contribution in [0.4, 0.5) is 0 Å². The van der Waals surface area contributed by atoms with E-state index in [9.17, 15) is 9.59 Å². The number of benzene rings is 1. The van der Waals surface area contributed by atoms with E-state index < -0.39 is 11.8 Å². The number of fused-ring (bicyclic) bond motifs is 3. The Labute approximate surface area is 108 Å². The molecule has 0 saturated heterocycles. The number of carbonyl (C=O) groups is 2. The fraction of sp³-hybridized carbons (Fsp3) is 0.0714. The van der Waals surface area contributed by atoms with Crippen LogP contribution in [0.15, 0.2) is 36.5 Å². The Morgan fingerprint density at radius 2 is 2.05 bits per heavy atom. The molecule has 0 unspecified atom stereocenters. The van der Waals surface area contributed by atoms with E-state index in [2.05, 4.69) is 14.7 Å². The highest BCUT2D eigenvalue weighted by molar-refractivity contribution is 6.41. The van der Waals surface area contributed by atoms with Gasteiger partial charge in [0.05, 0.1) is 7.11 Å². The van der Waals surface area contributed by atoms with Crippen molar-refractivity contribution in [2.75, 3.05) is 7.11 Å². The second kappa shape index (κ2) is 4.20. The number of ketones is 1. The van der Waals surface area contributed by atoms with Crippen molar-refractivity contribution in [3.8, 4) is 0 Å². The van der Waals surface area contributed by atoms with Gasteiger partial charge in [-0.1, -0.05) is 0 Å². The molecule has 0 bridgehead atoms. The maximum absolute atomic E-state index is 11.8. The summed E-state index contributed by atoms with van der Waals surface area (Å²) in [5.74, 6) is -1.51. The molecule has 2 aromatic heterocycles. The Balaban J connectivity index is 2.22. The molecule has 1 aromatic carbocycles. The third kappa shape index (κ3) is 1.76. The lowest BCUT2D eigenvalue weighted by molar-refractivity contribution is -0.135. The van der Waals surface area contributed by atoms with Gasteiger partial charge in [-0.2, -0.15) is 0 Å². The van der Waals surface area contributed by atoms with E-state index >= 15 is 0 Å². The summed E-state index contributed by atoms with van der Waals surface area (Å²) in [6, 6.07) is 8.76. The molecule has 94 valence electrons. The van der Waals surface area contributed by atoms with Crippen molar-refractivity contribution in [3.05, 3.63) is 42.1 Å². The third-order valence-corrected chi connectivity index (χ3v) is 3.00. The van der Waals surface area contributed by atoms with Gasteiger partial charge in [0, 0.05) is 28.0 Å². The number of hydrogen-bond donors (Lipinski definition) is 1. The molecule has 3 rings (SSSR count). The minimum atomic E-state index is -0.864. The number of H-pyrrole nitrogens is 1. The number of nitrogens with zero attached hydrogens (tertiary/aromatic N) is 1. The van der Waals surface area contributed by atoms with Crippen molar-refractivity contribution in [3.63, 3.8) is 0 Å². The lowest BCUT2D eigenvalue weighted by Gasteiger charge is -1.99. The first-order valence-corrected chi connectivity index (χ1v) is 5.70. The normalized spacial score (nSPS) is 10.8. The molecular weight excluding hydrogens is 244 g/mol. The highest BCUT2D eigenvalue weighted by Gasteiger charge is 2.17. The topological polar surface area (TPSA) is 72.1 Å². The van der Waals surface area contributed by atoms with Crippen LogP contribution < -0.4 is 0 Å². The summed E-state index contributed by atoms with van der Waals surface area (Å²) in [5.41, 5.74) is 1.93. The highest BCUT2D eigenvalue weighted by atomic mass is 16.5. The predicted molar refractivity (Wildman–Crippen MR) is 69.9 cm³/mol. The van der Waals surface area contributed by atoms with Crippen LogP contribution in [-0.4, -0.2) is 28.8 Å². The Morgan fingerprint density at radius 3 is 2.84 bits per heavy atom. The molecule has 1 N–H and O–H groups in total. The van der Waals surface area contributed by atoms with E-state index in [4.69, 9.17) is 0 Å². The SMILES string of the molecule is COC(=O)C(=O)c1ccc2[nH]c3ncccc3c2c1. The molecule has 5 nitrogen and oxygen atoms in total. The molecule has 0 fully saturated rings. The van der Waals surface area contributed by atoms with E-state index in [-0.39, 0.29) is 0 Å². The number of aromatic amines is 1. The zero-order valence-electron chi connectivity index (χ0n) is 10.1. The quantitative estimate of drug-likeness (QED) is 0.431. The molecule has 0 aliphatic carbocycles. The Bertz CT molecular complexity index is 805. The first kappa shape index (κ1) is 11.4. The van der Waals surface area contributed by atoms with Crippen molar-refractivity contribution in [1.82, 2.24) is 9.97 Å². The second-order valence-electron chi connectivity index (χ2n) is 4.11. The summed E-state index contributed by atoms with van der Waals surface area (Å²) in [5, 5.41) is 1.77. The van der Waals surface area contributed by atoms with Gasteiger partial charge >= 0.3 is 5.97 Å². The molecule has 0 amide bonds. The van der Waals surface area contributed by atoms with Gasteiger partial charge in [-0.15, -0.1) is 0 Å². The first-order valence-electron chi connectivity index (χ1n) is 5.70. The van der Waals surface area contributed by atoms with Crippen molar-refractivity contribution in [2.24, 2.45) is 0 Å². The number of ether oxygens (including phenoxy) is 1. The standard InChI is InChI=1S/C14H10N2O3/c1-19-14(18)12(17)8-4-5-11-10(7-8)9-3-2-6-15-13(9)16-11/h2-7H,1H3,(H,15,16). The number of Topliss-reactive ketones (excluding diaryl/α,β-unsaturated/α-hetero) is 1. The largest absolute Gasteiger partial charge is 0.463 e. The van der Waals surface area contributed by atoms with Crippen molar-refractivity contribution >= 4 is 33.7 Å². The molecule has 0 atom stereocenters.